The monoisotopic (exact) mass is 278 g/mol. The number of aromatic nitrogens is 2. The Balaban J connectivity index is 1.99. The van der Waals surface area contributed by atoms with Crippen LogP contribution < -0.4 is 0 Å². The number of rotatable bonds is 1. The summed E-state index contributed by atoms with van der Waals surface area (Å²) in [6, 6.07) is 18.6. The molecule has 2 nitrogen and oxygen atoms in total. The van der Waals surface area contributed by atoms with E-state index in [1.54, 1.807) is 0 Å². The van der Waals surface area contributed by atoms with Crippen LogP contribution in [0.1, 0.15) is 0 Å². The Kier molecular flexibility index (Phi) is 2.51. The van der Waals surface area contributed by atoms with E-state index in [-0.39, 0.29) is 0 Å². The Morgan fingerprint density at radius 1 is 0.900 bits per heavy atom. The summed E-state index contributed by atoms with van der Waals surface area (Å²) >= 11 is 6.17. The Hall–Kier alpha value is -2.32. The molecule has 0 saturated carbocycles. The number of pyridine rings is 1. The highest BCUT2D eigenvalue weighted by Gasteiger charge is 2.08. The van der Waals surface area contributed by atoms with Gasteiger partial charge in [0, 0.05) is 11.8 Å². The Labute approximate surface area is 121 Å². The first kappa shape index (κ1) is 11.5. The highest BCUT2D eigenvalue weighted by atomic mass is 35.5. The molecule has 0 unspecified atom stereocenters. The number of hydrogen-bond acceptors (Lipinski definition) is 1. The number of imidazole rings is 1. The summed E-state index contributed by atoms with van der Waals surface area (Å²) in [6.45, 7) is 0. The first-order chi connectivity index (χ1) is 9.83. The maximum atomic E-state index is 6.17. The zero-order valence-corrected chi connectivity index (χ0v) is 11.4. The summed E-state index contributed by atoms with van der Waals surface area (Å²) < 4.78 is 2.02. The molecule has 96 valence electrons. The molecule has 20 heavy (non-hydrogen) atoms. The van der Waals surface area contributed by atoms with E-state index in [4.69, 9.17) is 11.6 Å². The van der Waals surface area contributed by atoms with Gasteiger partial charge in [0.25, 0.3) is 0 Å². The quantitative estimate of drug-likeness (QED) is 0.488. The maximum Gasteiger partial charge on any atom is 0.156 e. The van der Waals surface area contributed by atoms with E-state index >= 15 is 0 Å². The summed E-state index contributed by atoms with van der Waals surface area (Å²) in [5.74, 6) is 0. The molecule has 0 spiro atoms. The number of benzene rings is 2. The average molecular weight is 279 g/mol. The second-order valence-corrected chi connectivity index (χ2v) is 5.16. The molecular formula is C17H11ClN2. The molecule has 0 atom stereocenters. The van der Waals surface area contributed by atoms with Crippen molar-refractivity contribution in [3.05, 3.63) is 72.0 Å². The highest BCUT2D eigenvalue weighted by molar-refractivity contribution is 6.33. The first-order valence-electron chi connectivity index (χ1n) is 6.44. The third-order valence-electron chi connectivity index (χ3n) is 3.53. The topological polar surface area (TPSA) is 17.3 Å². The van der Waals surface area contributed by atoms with Crippen LogP contribution in [-0.2, 0) is 0 Å². The minimum Gasteiger partial charge on any atom is -0.298 e. The standard InChI is InChI=1S/C17H11ClN2/c18-15-6-3-9-20-16(11-19-17(15)20)14-8-7-12-4-1-2-5-13(12)10-14/h1-11H. The number of nitrogens with zero attached hydrogens (tertiary/aromatic N) is 2. The Bertz CT molecular complexity index is 924. The van der Waals surface area contributed by atoms with E-state index in [1.807, 2.05) is 28.9 Å². The van der Waals surface area contributed by atoms with Crippen molar-refractivity contribution in [2.45, 2.75) is 0 Å². The van der Waals surface area contributed by atoms with Crippen LogP contribution in [0.2, 0.25) is 5.02 Å². The molecule has 0 aliphatic carbocycles. The summed E-state index contributed by atoms with van der Waals surface area (Å²) in [6.07, 6.45) is 3.85. The second-order valence-electron chi connectivity index (χ2n) is 4.76. The molecule has 2 aromatic carbocycles. The van der Waals surface area contributed by atoms with E-state index in [0.29, 0.717) is 5.02 Å². The van der Waals surface area contributed by atoms with Crippen LogP contribution >= 0.6 is 11.6 Å². The summed E-state index contributed by atoms with van der Waals surface area (Å²) in [5.41, 5.74) is 2.98. The maximum absolute atomic E-state index is 6.17. The Morgan fingerprint density at radius 2 is 1.75 bits per heavy atom. The lowest BCUT2D eigenvalue weighted by Gasteiger charge is -2.04. The van der Waals surface area contributed by atoms with Crippen molar-refractivity contribution < 1.29 is 0 Å². The van der Waals surface area contributed by atoms with Gasteiger partial charge in [0.2, 0.25) is 0 Å². The summed E-state index contributed by atoms with van der Waals surface area (Å²) in [5, 5.41) is 3.13. The van der Waals surface area contributed by atoms with Crippen molar-refractivity contribution in [3.63, 3.8) is 0 Å². The van der Waals surface area contributed by atoms with Crippen LogP contribution in [0.3, 0.4) is 0 Å². The number of fused-ring (bicyclic) bond motifs is 2. The van der Waals surface area contributed by atoms with Crippen molar-refractivity contribution in [2.75, 3.05) is 0 Å². The van der Waals surface area contributed by atoms with Gasteiger partial charge in [-0.1, -0.05) is 48.0 Å². The van der Waals surface area contributed by atoms with Gasteiger partial charge < -0.3 is 0 Å². The SMILES string of the molecule is Clc1cccn2c(-c3ccc4ccccc4c3)cnc12. The zero-order chi connectivity index (χ0) is 13.5. The molecule has 2 aromatic heterocycles. The number of halogens is 1. The van der Waals surface area contributed by atoms with Crippen molar-refractivity contribution in [3.8, 4) is 11.3 Å². The van der Waals surface area contributed by atoms with Crippen LogP contribution in [0.4, 0.5) is 0 Å². The molecule has 0 radical (unpaired) electrons. The van der Waals surface area contributed by atoms with Crippen molar-refractivity contribution >= 4 is 28.0 Å². The molecule has 0 N–H and O–H groups in total. The van der Waals surface area contributed by atoms with Crippen molar-refractivity contribution in [2.24, 2.45) is 0 Å². The smallest absolute Gasteiger partial charge is 0.156 e. The van der Waals surface area contributed by atoms with Crippen LogP contribution in [0.5, 0.6) is 0 Å². The van der Waals surface area contributed by atoms with Crippen LogP contribution in [-0.4, -0.2) is 9.38 Å². The van der Waals surface area contributed by atoms with Gasteiger partial charge >= 0.3 is 0 Å². The van der Waals surface area contributed by atoms with Gasteiger partial charge in [-0.15, -0.1) is 0 Å². The molecule has 0 fully saturated rings. The second kappa shape index (κ2) is 4.36. The van der Waals surface area contributed by atoms with Gasteiger partial charge in [0.15, 0.2) is 5.65 Å². The summed E-state index contributed by atoms with van der Waals surface area (Å²) in [7, 11) is 0. The lowest BCUT2D eigenvalue weighted by Crippen LogP contribution is -1.88. The molecule has 3 heteroatoms. The molecule has 4 aromatic rings. The highest BCUT2D eigenvalue weighted by Crippen LogP contribution is 2.27. The predicted octanol–water partition coefficient (Wildman–Crippen LogP) is 4.81. The lowest BCUT2D eigenvalue weighted by molar-refractivity contribution is 1.19. The lowest BCUT2D eigenvalue weighted by atomic mass is 10.1. The van der Waals surface area contributed by atoms with E-state index < -0.39 is 0 Å². The van der Waals surface area contributed by atoms with E-state index in [2.05, 4.69) is 47.4 Å². The normalized spacial score (nSPS) is 11.2. The number of hydrogen-bond donors (Lipinski definition) is 0. The molecule has 4 rings (SSSR count). The van der Waals surface area contributed by atoms with Gasteiger partial charge in [-0.3, -0.25) is 4.40 Å². The molecule has 0 aliphatic rings. The van der Waals surface area contributed by atoms with E-state index in [1.165, 1.54) is 10.8 Å². The van der Waals surface area contributed by atoms with Gasteiger partial charge in [-0.2, -0.15) is 0 Å². The largest absolute Gasteiger partial charge is 0.298 e. The van der Waals surface area contributed by atoms with Crippen LogP contribution in [0, 0.1) is 0 Å². The van der Waals surface area contributed by atoms with E-state index in [9.17, 15) is 0 Å². The minimum absolute atomic E-state index is 0.666. The molecular weight excluding hydrogens is 268 g/mol. The third kappa shape index (κ3) is 1.69. The molecule has 2 heterocycles. The van der Waals surface area contributed by atoms with Gasteiger partial charge in [-0.25, -0.2) is 4.98 Å². The van der Waals surface area contributed by atoms with Crippen molar-refractivity contribution in [1.29, 1.82) is 0 Å². The fourth-order valence-electron chi connectivity index (χ4n) is 2.54. The van der Waals surface area contributed by atoms with Gasteiger partial charge in [-0.05, 0) is 29.0 Å². The van der Waals surface area contributed by atoms with Gasteiger partial charge in [0.1, 0.15) is 0 Å². The molecule has 0 aliphatic heterocycles. The fourth-order valence-corrected chi connectivity index (χ4v) is 2.75. The average Bonchev–Trinajstić information content (AvgIpc) is 2.92. The van der Waals surface area contributed by atoms with Gasteiger partial charge in [0.05, 0.1) is 16.9 Å². The fraction of sp³-hybridized carbons (Fsp3) is 0. The zero-order valence-electron chi connectivity index (χ0n) is 10.6. The Morgan fingerprint density at radius 3 is 2.65 bits per heavy atom. The van der Waals surface area contributed by atoms with Crippen LogP contribution in [0.25, 0.3) is 27.7 Å². The molecule has 0 amide bonds. The first-order valence-corrected chi connectivity index (χ1v) is 6.81. The summed E-state index contributed by atoms with van der Waals surface area (Å²) in [4.78, 5) is 4.41. The third-order valence-corrected chi connectivity index (χ3v) is 3.83. The van der Waals surface area contributed by atoms with Crippen molar-refractivity contribution in [1.82, 2.24) is 9.38 Å². The molecule has 0 bridgehead atoms. The predicted molar refractivity (Wildman–Crippen MR) is 83.1 cm³/mol. The van der Waals surface area contributed by atoms with Crippen LogP contribution in [0.15, 0.2) is 67.0 Å². The molecule has 0 saturated heterocycles. The van der Waals surface area contributed by atoms with E-state index in [0.717, 1.165) is 16.9 Å². The minimum atomic E-state index is 0.666.